The van der Waals surface area contributed by atoms with Gasteiger partial charge in [-0.1, -0.05) is 12.2 Å². The van der Waals surface area contributed by atoms with E-state index in [1.165, 1.54) is 0 Å². The first-order valence-electron chi connectivity index (χ1n) is 8.37. The Labute approximate surface area is 144 Å². The lowest BCUT2D eigenvalue weighted by Gasteiger charge is -2.32. The number of furan rings is 1. The molecule has 5 heteroatoms. The summed E-state index contributed by atoms with van der Waals surface area (Å²) >= 11 is 0. The van der Waals surface area contributed by atoms with Gasteiger partial charge in [0, 0.05) is 11.1 Å². The quantitative estimate of drug-likeness (QED) is 0.736. The van der Waals surface area contributed by atoms with Crippen LogP contribution < -0.4 is 0 Å². The fourth-order valence-electron chi connectivity index (χ4n) is 4.46. The first-order valence-corrected chi connectivity index (χ1v) is 8.37. The van der Waals surface area contributed by atoms with E-state index in [-0.39, 0.29) is 11.9 Å². The summed E-state index contributed by atoms with van der Waals surface area (Å²) in [7, 11) is 0. The van der Waals surface area contributed by atoms with Crippen molar-refractivity contribution in [2.45, 2.75) is 25.9 Å². The van der Waals surface area contributed by atoms with Gasteiger partial charge >= 0.3 is 11.9 Å². The molecule has 0 saturated carbocycles. The maximum atomic E-state index is 12.5. The maximum absolute atomic E-state index is 12.5. The summed E-state index contributed by atoms with van der Waals surface area (Å²) in [6, 6.07) is 1.81. The topological polar surface area (TPSA) is 65.7 Å². The van der Waals surface area contributed by atoms with Gasteiger partial charge in [-0.3, -0.25) is 0 Å². The Morgan fingerprint density at radius 3 is 2.92 bits per heavy atom. The van der Waals surface area contributed by atoms with Crippen LogP contribution in [0.4, 0.5) is 0 Å². The zero-order valence-corrected chi connectivity index (χ0v) is 13.7. The van der Waals surface area contributed by atoms with Gasteiger partial charge in [0.2, 0.25) is 0 Å². The number of hydrogen-bond donors (Lipinski definition) is 0. The molecular formula is C20H16O5. The van der Waals surface area contributed by atoms with Gasteiger partial charge in [-0.05, 0) is 43.1 Å². The van der Waals surface area contributed by atoms with E-state index in [1.807, 2.05) is 25.1 Å². The van der Waals surface area contributed by atoms with Crippen LogP contribution in [0.15, 0.2) is 69.1 Å². The normalized spacial score (nSPS) is 30.4. The molecular weight excluding hydrogens is 320 g/mol. The molecule has 5 rings (SSSR count). The van der Waals surface area contributed by atoms with E-state index in [1.54, 1.807) is 18.6 Å². The van der Waals surface area contributed by atoms with Gasteiger partial charge in [-0.25, -0.2) is 9.59 Å². The second-order valence-electron chi connectivity index (χ2n) is 6.81. The number of allylic oxidation sites excluding steroid dienone is 1. The standard InChI is InChI=1S/C20H16O5/c1-11-14-3-2-4-15-19(22)24-10-20(14,15)7-5-13-16(11)17(25-18(13)21)12-6-8-23-9-12/h4-9,17H,2-3,10H2,1H3/t17-,20-/m0/s1. The van der Waals surface area contributed by atoms with Crippen molar-refractivity contribution in [1.82, 2.24) is 0 Å². The molecule has 2 atom stereocenters. The minimum atomic E-state index is -0.551. The van der Waals surface area contributed by atoms with Gasteiger partial charge in [0.05, 0.1) is 29.1 Å². The average molecular weight is 336 g/mol. The van der Waals surface area contributed by atoms with Crippen LogP contribution in [0.3, 0.4) is 0 Å². The van der Waals surface area contributed by atoms with Crippen LogP contribution in [-0.4, -0.2) is 18.5 Å². The van der Waals surface area contributed by atoms with Gasteiger partial charge in [-0.15, -0.1) is 0 Å². The first kappa shape index (κ1) is 14.5. The van der Waals surface area contributed by atoms with Gasteiger partial charge in [0.1, 0.15) is 6.61 Å². The highest BCUT2D eigenvalue weighted by molar-refractivity contribution is 5.99. The van der Waals surface area contributed by atoms with Gasteiger partial charge in [-0.2, -0.15) is 0 Å². The molecule has 1 spiro atoms. The Balaban J connectivity index is 1.73. The van der Waals surface area contributed by atoms with Crippen molar-refractivity contribution in [1.29, 1.82) is 0 Å². The van der Waals surface area contributed by atoms with E-state index in [0.717, 1.165) is 35.1 Å². The summed E-state index contributed by atoms with van der Waals surface area (Å²) in [6.45, 7) is 2.31. The Hall–Kier alpha value is -2.82. The Bertz CT molecular complexity index is 925. The minimum Gasteiger partial charge on any atom is -0.472 e. The molecule has 25 heavy (non-hydrogen) atoms. The molecule has 0 unspecified atom stereocenters. The highest BCUT2D eigenvalue weighted by Crippen LogP contribution is 2.54. The summed E-state index contributed by atoms with van der Waals surface area (Å²) in [4.78, 5) is 24.6. The largest absolute Gasteiger partial charge is 0.472 e. The van der Waals surface area contributed by atoms with Crippen molar-refractivity contribution in [2.24, 2.45) is 5.41 Å². The number of ether oxygens (including phenoxy) is 2. The number of carbonyl (C=O) groups is 2. The number of cyclic esters (lactones) is 2. The molecule has 4 aliphatic rings. The van der Waals surface area contributed by atoms with Gasteiger partial charge in [0.25, 0.3) is 0 Å². The van der Waals surface area contributed by atoms with Crippen molar-refractivity contribution in [2.75, 3.05) is 6.61 Å². The van der Waals surface area contributed by atoms with Crippen molar-refractivity contribution in [3.05, 3.63) is 70.2 Å². The van der Waals surface area contributed by atoms with Crippen molar-refractivity contribution < 1.29 is 23.5 Å². The average Bonchev–Trinajstić information content (AvgIpc) is 3.29. The second-order valence-corrected chi connectivity index (χ2v) is 6.81. The maximum Gasteiger partial charge on any atom is 0.339 e. The molecule has 126 valence electrons. The van der Waals surface area contributed by atoms with E-state index in [9.17, 15) is 9.59 Å². The molecule has 0 amide bonds. The lowest BCUT2D eigenvalue weighted by Crippen LogP contribution is -2.27. The van der Waals surface area contributed by atoms with Crippen LogP contribution in [0.5, 0.6) is 0 Å². The molecule has 5 nitrogen and oxygen atoms in total. The SMILES string of the molecule is CC1=C2CCC=C3C(=O)OC[C@]32C=CC2=C1[C@H](c1ccoc1)OC2=O. The van der Waals surface area contributed by atoms with Crippen molar-refractivity contribution in [3.63, 3.8) is 0 Å². The van der Waals surface area contributed by atoms with Crippen LogP contribution in [-0.2, 0) is 19.1 Å². The molecule has 1 aromatic heterocycles. The smallest absolute Gasteiger partial charge is 0.339 e. The predicted molar refractivity (Wildman–Crippen MR) is 87.1 cm³/mol. The van der Waals surface area contributed by atoms with Crippen molar-refractivity contribution in [3.8, 4) is 0 Å². The fraction of sp³-hybridized carbons (Fsp3) is 0.300. The molecule has 1 fully saturated rings. The molecule has 0 bridgehead atoms. The zero-order valence-electron chi connectivity index (χ0n) is 13.7. The summed E-state index contributed by atoms with van der Waals surface area (Å²) in [5, 5.41) is 0. The van der Waals surface area contributed by atoms with Crippen molar-refractivity contribution >= 4 is 11.9 Å². The lowest BCUT2D eigenvalue weighted by atomic mass is 9.68. The number of esters is 2. The molecule has 2 aliphatic carbocycles. The van der Waals surface area contributed by atoms with E-state index in [0.29, 0.717) is 17.8 Å². The monoisotopic (exact) mass is 336 g/mol. The van der Waals surface area contributed by atoms with E-state index >= 15 is 0 Å². The van der Waals surface area contributed by atoms with Crippen LogP contribution in [0.1, 0.15) is 31.4 Å². The molecule has 1 aromatic rings. The lowest BCUT2D eigenvalue weighted by molar-refractivity contribution is -0.139. The highest BCUT2D eigenvalue weighted by atomic mass is 16.6. The summed E-state index contributed by atoms with van der Waals surface area (Å²) in [5.41, 5.74) is 4.54. The number of carbonyl (C=O) groups excluding carboxylic acids is 2. The molecule has 0 N–H and O–H groups in total. The predicted octanol–water partition coefficient (Wildman–Crippen LogP) is 3.32. The summed E-state index contributed by atoms with van der Waals surface area (Å²) in [6.07, 6.45) is 10.0. The highest BCUT2D eigenvalue weighted by Gasteiger charge is 2.51. The summed E-state index contributed by atoms with van der Waals surface area (Å²) < 4.78 is 16.2. The summed E-state index contributed by atoms with van der Waals surface area (Å²) in [5.74, 6) is -0.603. The molecule has 0 aromatic carbocycles. The molecule has 0 radical (unpaired) electrons. The fourth-order valence-corrected chi connectivity index (χ4v) is 4.46. The number of hydrogen-bond acceptors (Lipinski definition) is 5. The molecule has 1 saturated heterocycles. The third kappa shape index (κ3) is 1.78. The Morgan fingerprint density at radius 2 is 2.12 bits per heavy atom. The first-order chi connectivity index (χ1) is 12.1. The second kappa shape index (κ2) is 4.85. The molecule has 2 aliphatic heterocycles. The third-order valence-corrected chi connectivity index (χ3v) is 5.65. The van der Waals surface area contributed by atoms with Crippen LogP contribution in [0.25, 0.3) is 0 Å². The Morgan fingerprint density at radius 1 is 1.24 bits per heavy atom. The van der Waals surface area contributed by atoms with Gasteiger partial charge < -0.3 is 13.9 Å². The van der Waals surface area contributed by atoms with Gasteiger partial charge in [0.15, 0.2) is 6.10 Å². The van der Waals surface area contributed by atoms with Crippen LogP contribution in [0.2, 0.25) is 0 Å². The van der Waals surface area contributed by atoms with Crippen LogP contribution in [0, 0.1) is 5.41 Å². The van der Waals surface area contributed by atoms with E-state index < -0.39 is 11.5 Å². The third-order valence-electron chi connectivity index (χ3n) is 5.65. The van der Waals surface area contributed by atoms with E-state index in [2.05, 4.69) is 0 Å². The Kier molecular flexibility index (Phi) is 2.82. The minimum absolute atomic E-state index is 0.259. The molecule has 3 heterocycles. The number of rotatable bonds is 1. The van der Waals surface area contributed by atoms with E-state index in [4.69, 9.17) is 13.9 Å². The van der Waals surface area contributed by atoms with Crippen LogP contribution >= 0.6 is 0 Å². The zero-order chi connectivity index (χ0) is 17.2.